The minimum absolute atomic E-state index is 0.201. The molecule has 0 aliphatic rings. The molecule has 106 valence electrons. The molecule has 1 aromatic carbocycles. The van der Waals surface area contributed by atoms with Gasteiger partial charge in [-0.2, -0.15) is 0 Å². The van der Waals surface area contributed by atoms with Crippen LogP contribution in [0, 0.1) is 0 Å². The van der Waals surface area contributed by atoms with Crippen molar-refractivity contribution >= 4 is 5.97 Å². The van der Waals surface area contributed by atoms with E-state index in [-0.39, 0.29) is 18.4 Å². The number of nitrogens with one attached hydrogen (secondary N) is 1. The first-order chi connectivity index (χ1) is 9.12. The predicted molar refractivity (Wildman–Crippen MR) is 72.1 cm³/mol. The summed E-state index contributed by atoms with van der Waals surface area (Å²) < 4.78 is 9.67. The maximum atomic E-state index is 11.1. The fourth-order valence-electron chi connectivity index (χ4n) is 1.87. The van der Waals surface area contributed by atoms with Gasteiger partial charge in [0.05, 0.1) is 20.3 Å². The monoisotopic (exact) mass is 267 g/mol. The predicted octanol–water partition coefficient (Wildman–Crippen LogP) is 1.27. The summed E-state index contributed by atoms with van der Waals surface area (Å²) in [4.78, 5) is 11.1. The lowest BCUT2D eigenvalue weighted by Crippen LogP contribution is -2.32. The van der Waals surface area contributed by atoms with E-state index in [1.54, 1.807) is 26.3 Å². The van der Waals surface area contributed by atoms with Gasteiger partial charge >= 0.3 is 5.97 Å². The number of likely N-dealkylation sites (N-methyl/N-ethyl adjacent to an activating group) is 1. The Morgan fingerprint density at radius 3 is 2.42 bits per heavy atom. The van der Waals surface area contributed by atoms with Crippen molar-refractivity contribution in [2.24, 2.45) is 0 Å². The van der Waals surface area contributed by atoms with Crippen LogP contribution in [0.2, 0.25) is 0 Å². The second-order valence-corrected chi connectivity index (χ2v) is 4.23. The maximum Gasteiger partial charge on any atom is 0.305 e. The van der Waals surface area contributed by atoms with Gasteiger partial charge in [0.15, 0.2) is 0 Å². The largest absolute Gasteiger partial charge is 0.497 e. The highest BCUT2D eigenvalue weighted by Gasteiger charge is 2.20. The minimum Gasteiger partial charge on any atom is -0.497 e. The third-order valence-corrected chi connectivity index (χ3v) is 3.10. The third kappa shape index (κ3) is 4.54. The average Bonchev–Trinajstić information content (AvgIpc) is 2.47. The van der Waals surface area contributed by atoms with E-state index in [0.717, 1.165) is 11.3 Å². The zero-order valence-corrected chi connectivity index (χ0v) is 11.6. The third-order valence-electron chi connectivity index (χ3n) is 3.10. The van der Waals surface area contributed by atoms with Gasteiger partial charge in [0.1, 0.15) is 5.75 Å². The van der Waals surface area contributed by atoms with Gasteiger partial charge in [0.25, 0.3) is 0 Å². The summed E-state index contributed by atoms with van der Waals surface area (Å²) in [5, 5.41) is 13.3. The summed E-state index contributed by atoms with van der Waals surface area (Å²) in [5.74, 6) is 0.466. The highest BCUT2D eigenvalue weighted by molar-refractivity contribution is 5.69. The molecule has 5 heteroatoms. The standard InChI is InChI=1S/C14H21NO4/c1-15-12(8-9-13(16)19-3)14(17)10-4-6-11(18-2)7-5-10/h4-7,12,14-15,17H,8-9H2,1-3H3. The second-order valence-electron chi connectivity index (χ2n) is 4.23. The number of esters is 1. The van der Waals surface area contributed by atoms with Gasteiger partial charge in [-0.15, -0.1) is 0 Å². The molecular weight excluding hydrogens is 246 g/mol. The molecule has 0 aliphatic carbocycles. The van der Waals surface area contributed by atoms with Crippen molar-refractivity contribution in [3.05, 3.63) is 29.8 Å². The number of hydrogen-bond acceptors (Lipinski definition) is 5. The van der Waals surface area contributed by atoms with Crippen LogP contribution in [-0.2, 0) is 9.53 Å². The number of benzene rings is 1. The van der Waals surface area contributed by atoms with Crippen molar-refractivity contribution < 1.29 is 19.4 Å². The molecule has 2 unspecified atom stereocenters. The minimum atomic E-state index is -0.680. The zero-order valence-electron chi connectivity index (χ0n) is 11.6. The van der Waals surface area contributed by atoms with E-state index >= 15 is 0 Å². The Bertz CT molecular complexity index is 391. The quantitative estimate of drug-likeness (QED) is 0.728. The Kier molecular flexibility index (Phi) is 6.32. The Hall–Kier alpha value is -1.59. The first kappa shape index (κ1) is 15.5. The molecule has 0 fully saturated rings. The number of aliphatic hydroxyl groups excluding tert-OH is 1. The van der Waals surface area contributed by atoms with Crippen LogP contribution in [0.25, 0.3) is 0 Å². The summed E-state index contributed by atoms with van der Waals surface area (Å²) in [7, 11) is 4.71. The average molecular weight is 267 g/mol. The highest BCUT2D eigenvalue weighted by atomic mass is 16.5. The number of carbonyl (C=O) groups excluding carboxylic acids is 1. The van der Waals surface area contributed by atoms with E-state index in [1.165, 1.54) is 7.11 Å². The molecule has 0 heterocycles. The highest BCUT2D eigenvalue weighted by Crippen LogP contribution is 2.22. The van der Waals surface area contributed by atoms with Crippen molar-refractivity contribution in [1.29, 1.82) is 0 Å². The lowest BCUT2D eigenvalue weighted by Gasteiger charge is -2.22. The molecule has 0 saturated heterocycles. The van der Waals surface area contributed by atoms with E-state index in [4.69, 9.17) is 4.74 Å². The van der Waals surface area contributed by atoms with Crippen molar-refractivity contribution in [3.8, 4) is 5.75 Å². The molecule has 1 rings (SSSR count). The van der Waals surface area contributed by atoms with E-state index in [9.17, 15) is 9.90 Å². The number of carbonyl (C=O) groups is 1. The van der Waals surface area contributed by atoms with E-state index in [2.05, 4.69) is 10.1 Å². The number of methoxy groups -OCH3 is 2. The number of rotatable bonds is 7. The van der Waals surface area contributed by atoms with Gasteiger partial charge in [-0.1, -0.05) is 12.1 Å². The van der Waals surface area contributed by atoms with Gasteiger partial charge in [0.2, 0.25) is 0 Å². The fourth-order valence-corrected chi connectivity index (χ4v) is 1.87. The van der Waals surface area contributed by atoms with Gasteiger partial charge in [0, 0.05) is 12.5 Å². The van der Waals surface area contributed by atoms with Crippen LogP contribution in [0.1, 0.15) is 24.5 Å². The number of ether oxygens (including phenoxy) is 2. The van der Waals surface area contributed by atoms with Crippen LogP contribution in [0.3, 0.4) is 0 Å². The molecule has 0 amide bonds. The summed E-state index contributed by atoms with van der Waals surface area (Å²) >= 11 is 0. The molecule has 0 aromatic heterocycles. The lowest BCUT2D eigenvalue weighted by atomic mass is 9.98. The smallest absolute Gasteiger partial charge is 0.305 e. The molecule has 1 aromatic rings. The van der Waals surface area contributed by atoms with Crippen LogP contribution < -0.4 is 10.1 Å². The molecule has 0 bridgehead atoms. The first-order valence-corrected chi connectivity index (χ1v) is 6.18. The molecule has 0 saturated carbocycles. The second kappa shape index (κ2) is 7.76. The topological polar surface area (TPSA) is 67.8 Å². The van der Waals surface area contributed by atoms with Crippen LogP contribution >= 0.6 is 0 Å². The number of aliphatic hydroxyl groups is 1. The Morgan fingerprint density at radius 1 is 1.32 bits per heavy atom. The lowest BCUT2D eigenvalue weighted by molar-refractivity contribution is -0.140. The van der Waals surface area contributed by atoms with Crippen LogP contribution in [0.4, 0.5) is 0 Å². The summed E-state index contributed by atoms with van der Waals surface area (Å²) in [6, 6.07) is 7.02. The van der Waals surface area contributed by atoms with Crippen LogP contribution in [0.5, 0.6) is 5.75 Å². The fraction of sp³-hybridized carbons (Fsp3) is 0.500. The van der Waals surface area contributed by atoms with Crippen LogP contribution in [-0.4, -0.2) is 38.4 Å². The van der Waals surface area contributed by atoms with E-state index in [1.807, 2.05) is 12.1 Å². The van der Waals surface area contributed by atoms with Crippen LogP contribution in [0.15, 0.2) is 24.3 Å². The molecular formula is C14H21NO4. The molecule has 0 radical (unpaired) electrons. The molecule has 0 spiro atoms. The SMILES string of the molecule is CNC(CCC(=O)OC)C(O)c1ccc(OC)cc1. The van der Waals surface area contributed by atoms with E-state index in [0.29, 0.717) is 6.42 Å². The Labute approximate surface area is 113 Å². The van der Waals surface area contributed by atoms with Crippen molar-refractivity contribution in [2.75, 3.05) is 21.3 Å². The molecule has 2 atom stereocenters. The maximum absolute atomic E-state index is 11.1. The van der Waals surface area contributed by atoms with Gasteiger partial charge in [-0.25, -0.2) is 0 Å². The summed E-state index contributed by atoms with van der Waals surface area (Å²) in [5.41, 5.74) is 0.782. The Morgan fingerprint density at radius 2 is 1.95 bits per heavy atom. The van der Waals surface area contributed by atoms with E-state index < -0.39 is 6.10 Å². The molecule has 2 N–H and O–H groups in total. The summed E-state index contributed by atoms with van der Waals surface area (Å²) in [6.45, 7) is 0. The first-order valence-electron chi connectivity index (χ1n) is 6.18. The zero-order chi connectivity index (χ0) is 14.3. The van der Waals surface area contributed by atoms with Gasteiger partial charge in [-0.05, 0) is 31.2 Å². The van der Waals surface area contributed by atoms with Crippen molar-refractivity contribution in [1.82, 2.24) is 5.32 Å². The molecule has 19 heavy (non-hydrogen) atoms. The normalized spacial score (nSPS) is 13.7. The summed E-state index contributed by atoms with van der Waals surface area (Å²) in [6.07, 6.45) is 0.103. The van der Waals surface area contributed by atoms with Gasteiger partial charge in [-0.3, -0.25) is 4.79 Å². The van der Waals surface area contributed by atoms with Crippen molar-refractivity contribution in [2.45, 2.75) is 25.0 Å². The van der Waals surface area contributed by atoms with Crippen molar-refractivity contribution in [3.63, 3.8) is 0 Å². The molecule has 0 aliphatic heterocycles. The molecule has 5 nitrogen and oxygen atoms in total. The number of hydrogen-bond donors (Lipinski definition) is 2. The Balaban J connectivity index is 2.65. The van der Waals surface area contributed by atoms with Gasteiger partial charge < -0.3 is 19.9 Å².